The molecule has 2 rings (SSSR count). The van der Waals surface area contributed by atoms with Crippen molar-refractivity contribution in [1.29, 1.82) is 0 Å². The summed E-state index contributed by atoms with van der Waals surface area (Å²) in [5, 5.41) is 10.5. The Morgan fingerprint density at radius 2 is 1.04 bits per heavy atom. The van der Waals surface area contributed by atoms with Gasteiger partial charge in [0.1, 0.15) is 11.6 Å². The number of aliphatic hydroxyl groups excluding tert-OH is 1. The van der Waals surface area contributed by atoms with Crippen molar-refractivity contribution in [3.63, 3.8) is 0 Å². The highest BCUT2D eigenvalue weighted by Gasteiger charge is 2.16. The van der Waals surface area contributed by atoms with Crippen LogP contribution in [0.5, 0.6) is 0 Å². The number of hydrogen-bond acceptors (Lipinski definition) is 4. The summed E-state index contributed by atoms with van der Waals surface area (Å²) in [6.07, 6.45) is 22.9. The summed E-state index contributed by atoms with van der Waals surface area (Å²) < 4.78 is 6.04. The molecule has 4 nitrogen and oxygen atoms in total. The van der Waals surface area contributed by atoms with Crippen molar-refractivity contribution in [1.82, 2.24) is 0 Å². The molecule has 0 radical (unpaired) electrons. The van der Waals surface area contributed by atoms with Gasteiger partial charge in [-0.2, -0.15) is 0 Å². The van der Waals surface area contributed by atoms with E-state index in [0.717, 1.165) is 31.6 Å². The van der Waals surface area contributed by atoms with E-state index in [1.165, 1.54) is 99.3 Å². The molecule has 0 saturated carbocycles. The van der Waals surface area contributed by atoms with Crippen LogP contribution in [0.3, 0.4) is 0 Å². The van der Waals surface area contributed by atoms with Crippen molar-refractivity contribution in [2.45, 2.75) is 195 Å². The largest absolute Gasteiger partial charge is 0.368 e. The third-order valence-corrected chi connectivity index (χ3v) is 9.59. The molecule has 2 aromatic carbocycles. The first kappa shape index (κ1) is 44.7. The molecule has 1 atom stereocenters. The highest BCUT2D eigenvalue weighted by atomic mass is 16.6. The zero-order valence-corrected chi connectivity index (χ0v) is 32.6. The highest BCUT2D eigenvalue weighted by molar-refractivity contribution is 5.80. The van der Waals surface area contributed by atoms with Gasteiger partial charge >= 0.3 is 0 Å². The van der Waals surface area contributed by atoms with E-state index in [2.05, 4.69) is 83.1 Å². The number of Topliss-reactive ketones (excluding diaryl/α,β-unsaturated/α-hetero) is 2. The van der Waals surface area contributed by atoms with Crippen LogP contribution < -0.4 is 0 Å². The van der Waals surface area contributed by atoms with Crippen LogP contribution in [0.1, 0.15) is 178 Å². The Morgan fingerprint density at radius 3 is 1.49 bits per heavy atom. The maximum absolute atomic E-state index is 12.0. The average Bonchev–Trinajstić information content (AvgIpc) is 3.07. The summed E-state index contributed by atoms with van der Waals surface area (Å²) in [4.78, 5) is 22.9. The smallest absolute Gasteiger partial charge is 0.154 e. The van der Waals surface area contributed by atoms with Crippen molar-refractivity contribution in [3.8, 4) is 0 Å². The molecule has 0 fully saturated rings. The van der Waals surface area contributed by atoms with E-state index in [9.17, 15) is 14.7 Å². The second kappa shape index (κ2) is 29.4. The minimum absolute atomic E-state index is 0.0473. The fourth-order valence-corrected chi connectivity index (χ4v) is 6.21. The Hall–Kier alpha value is -2.30. The van der Waals surface area contributed by atoms with Crippen molar-refractivity contribution in [2.24, 2.45) is 5.92 Å². The third-order valence-electron chi connectivity index (χ3n) is 9.59. The predicted octanol–water partition coefficient (Wildman–Crippen LogP) is 12.4. The van der Waals surface area contributed by atoms with Crippen LogP contribution in [0.2, 0.25) is 0 Å². The standard InChI is InChI=1S/C29H40O4.C16H34/c1-22-10-14-25(15-11-22)18-20-28(21-19-26-16-12-23(2)13-17-26)33-29(32)9-5-8-27(31)7-4-6-24(3)30;1-4-6-8-10-12-14-16(3)15-13-11-9-7-5-2/h10-17,28-29,32H,4-9,18-21H2,1-3H3;16H,4-15H2,1-3H3. The molecular formula is C45H74O4. The minimum atomic E-state index is -0.865. The van der Waals surface area contributed by atoms with E-state index in [1.54, 1.807) is 6.92 Å². The summed E-state index contributed by atoms with van der Waals surface area (Å²) in [5.74, 6) is 1.25. The zero-order chi connectivity index (χ0) is 36.1. The van der Waals surface area contributed by atoms with E-state index in [1.807, 2.05) is 0 Å². The van der Waals surface area contributed by atoms with Crippen LogP contribution in [-0.4, -0.2) is 29.1 Å². The fourth-order valence-electron chi connectivity index (χ4n) is 6.21. The van der Waals surface area contributed by atoms with Crippen LogP contribution in [0.15, 0.2) is 48.5 Å². The van der Waals surface area contributed by atoms with Gasteiger partial charge in [-0.05, 0) is 82.8 Å². The number of unbranched alkanes of at least 4 members (excludes halogenated alkanes) is 8. The van der Waals surface area contributed by atoms with Crippen molar-refractivity contribution >= 4 is 11.6 Å². The van der Waals surface area contributed by atoms with E-state index in [0.29, 0.717) is 38.5 Å². The quantitative estimate of drug-likeness (QED) is 0.0718. The number of carbonyl (C=O) groups excluding carboxylic acids is 2. The number of aryl methyl sites for hydroxylation is 4. The lowest BCUT2D eigenvalue weighted by Crippen LogP contribution is -2.23. The van der Waals surface area contributed by atoms with Gasteiger partial charge < -0.3 is 14.6 Å². The maximum Gasteiger partial charge on any atom is 0.154 e. The van der Waals surface area contributed by atoms with E-state index in [4.69, 9.17) is 4.74 Å². The number of hydrogen-bond donors (Lipinski definition) is 1. The molecule has 0 aliphatic carbocycles. The van der Waals surface area contributed by atoms with Crippen LogP contribution in [0.4, 0.5) is 0 Å². The van der Waals surface area contributed by atoms with Crippen LogP contribution in [0, 0.1) is 19.8 Å². The molecule has 0 heterocycles. The number of carbonyl (C=O) groups is 2. The van der Waals surface area contributed by atoms with E-state index < -0.39 is 6.29 Å². The topological polar surface area (TPSA) is 63.6 Å². The predicted molar refractivity (Wildman–Crippen MR) is 209 cm³/mol. The van der Waals surface area contributed by atoms with Gasteiger partial charge in [0.25, 0.3) is 0 Å². The molecule has 1 N–H and O–H groups in total. The number of rotatable bonds is 28. The van der Waals surface area contributed by atoms with Crippen LogP contribution in [-0.2, 0) is 27.2 Å². The van der Waals surface area contributed by atoms with Gasteiger partial charge in [-0.3, -0.25) is 4.79 Å². The number of ether oxygens (including phenoxy) is 1. The lowest BCUT2D eigenvalue weighted by atomic mass is 9.96. The van der Waals surface area contributed by atoms with Crippen molar-refractivity contribution in [3.05, 3.63) is 70.8 Å². The Kier molecular flexibility index (Phi) is 26.9. The van der Waals surface area contributed by atoms with Gasteiger partial charge in [-0.15, -0.1) is 0 Å². The van der Waals surface area contributed by atoms with Gasteiger partial charge in [-0.25, -0.2) is 0 Å². The van der Waals surface area contributed by atoms with Gasteiger partial charge in [-0.1, -0.05) is 157 Å². The molecule has 0 aliphatic heterocycles. The zero-order valence-electron chi connectivity index (χ0n) is 32.6. The summed E-state index contributed by atoms with van der Waals surface area (Å²) >= 11 is 0. The first-order valence-corrected chi connectivity index (χ1v) is 20.1. The second-order valence-corrected chi connectivity index (χ2v) is 14.8. The molecule has 4 heteroatoms. The molecule has 0 bridgehead atoms. The van der Waals surface area contributed by atoms with E-state index >= 15 is 0 Å². The first-order chi connectivity index (χ1) is 23.6. The Balaban J connectivity index is 0.000000632. The van der Waals surface area contributed by atoms with Gasteiger partial charge in [0.15, 0.2) is 6.29 Å². The average molecular weight is 679 g/mol. The summed E-state index contributed by atoms with van der Waals surface area (Å²) in [7, 11) is 0. The Bertz CT molecular complexity index is 1010. The molecule has 2 aromatic rings. The number of benzene rings is 2. The molecule has 1 unspecified atom stereocenters. The summed E-state index contributed by atoms with van der Waals surface area (Å²) in [6.45, 7) is 12.7. The number of ketones is 2. The monoisotopic (exact) mass is 679 g/mol. The summed E-state index contributed by atoms with van der Waals surface area (Å²) in [6, 6.07) is 17.1. The number of aliphatic hydroxyl groups is 1. The normalized spacial score (nSPS) is 11.9. The van der Waals surface area contributed by atoms with Gasteiger partial charge in [0.2, 0.25) is 0 Å². The Labute approximate surface area is 302 Å². The second-order valence-electron chi connectivity index (χ2n) is 14.8. The molecular weight excluding hydrogens is 604 g/mol. The Morgan fingerprint density at radius 1 is 0.592 bits per heavy atom. The van der Waals surface area contributed by atoms with Gasteiger partial charge in [0, 0.05) is 19.3 Å². The third kappa shape index (κ3) is 26.2. The minimum Gasteiger partial charge on any atom is -0.368 e. The maximum atomic E-state index is 12.0. The molecule has 0 spiro atoms. The fraction of sp³-hybridized carbons (Fsp3) is 0.689. The molecule has 49 heavy (non-hydrogen) atoms. The van der Waals surface area contributed by atoms with Crippen LogP contribution >= 0.6 is 0 Å². The van der Waals surface area contributed by atoms with Crippen molar-refractivity contribution < 1.29 is 19.4 Å². The lowest BCUT2D eigenvalue weighted by Gasteiger charge is -2.22. The molecule has 0 saturated heterocycles. The highest BCUT2D eigenvalue weighted by Crippen LogP contribution is 2.19. The first-order valence-electron chi connectivity index (χ1n) is 20.1. The summed E-state index contributed by atoms with van der Waals surface area (Å²) in [5.41, 5.74) is 5.04. The molecule has 0 aliphatic rings. The molecule has 0 aromatic heterocycles. The van der Waals surface area contributed by atoms with Crippen molar-refractivity contribution in [2.75, 3.05) is 0 Å². The molecule has 278 valence electrons. The lowest BCUT2D eigenvalue weighted by molar-refractivity contribution is -0.143. The van der Waals surface area contributed by atoms with Crippen LogP contribution in [0.25, 0.3) is 0 Å². The molecule has 0 amide bonds. The van der Waals surface area contributed by atoms with Gasteiger partial charge in [0.05, 0.1) is 6.10 Å². The van der Waals surface area contributed by atoms with E-state index in [-0.39, 0.29) is 17.7 Å². The SMILES string of the molecule is CC(=O)CCCC(=O)CCCC(O)OC(CCc1ccc(C)cc1)CCc1ccc(C)cc1.CCCCCCCC(C)CCCCCCC.